The normalized spacial score (nSPS) is 16.2. The van der Waals surface area contributed by atoms with Gasteiger partial charge in [0.2, 0.25) is 0 Å². The summed E-state index contributed by atoms with van der Waals surface area (Å²) in [4.78, 5) is 26.6. The van der Waals surface area contributed by atoms with Crippen molar-refractivity contribution in [1.82, 2.24) is 0 Å². The Balaban J connectivity index is 1.89. The second-order valence-electron chi connectivity index (χ2n) is 7.16. The van der Waals surface area contributed by atoms with E-state index in [1.54, 1.807) is 13.8 Å². The number of anilines is 1. The van der Waals surface area contributed by atoms with E-state index in [9.17, 15) is 18.0 Å². The number of hydrogen-bond acceptors (Lipinski definition) is 6. The molecule has 0 fully saturated rings. The summed E-state index contributed by atoms with van der Waals surface area (Å²) in [5, 5.41) is 3.34. The lowest BCUT2D eigenvalue weighted by molar-refractivity contribution is 0.0526. The van der Waals surface area contributed by atoms with Gasteiger partial charge in [-0.25, -0.2) is 13.2 Å². The van der Waals surface area contributed by atoms with E-state index in [0.29, 0.717) is 22.0 Å². The largest absolute Gasteiger partial charge is 0.462 e. The molecule has 1 atom stereocenters. The van der Waals surface area contributed by atoms with Crippen LogP contribution < -0.4 is 5.32 Å². The molecule has 1 heterocycles. The van der Waals surface area contributed by atoms with Gasteiger partial charge in [0.1, 0.15) is 5.00 Å². The highest BCUT2D eigenvalue weighted by atomic mass is 32.2. The van der Waals surface area contributed by atoms with E-state index in [1.807, 2.05) is 0 Å². The van der Waals surface area contributed by atoms with Gasteiger partial charge in [-0.1, -0.05) is 13.8 Å². The van der Waals surface area contributed by atoms with E-state index in [1.165, 1.54) is 35.6 Å². The number of nitrogens with one attached hydrogen (secondary N) is 1. The number of thiophene rings is 1. The van der Waals surface area contributed by atoms with Gasteiger partial charge in [0, 0.05) is 10.4 Å². The third-order valence-electron chi connectivity index (χ3n) is 5.07. The Kier molecular flexibility index (Phi) is 6.43. The summed E-state index contributed by atoms with van der Waals surface area (Å²) in [5.74, 6) is -0.268. The molecule has 1 aliphatic rings. The van der Waals surface area contributed by atoms with Crippen LogP contribution in [0.5, 0.6) is 0 Å². The average molecular weight is 436 g/mol. The Hall–Kier alpha value is -2.19. The number of ether oxygens (including phenoxy) is 1. The number of hydrogen-bond donors (Lipinski definition) is 1. The minimum absolute atomic E-state index is 0.000610. The predicted molar refractivity (Wildman–Crippen MR) is 114 cm³/mol. The van der Waals surface area contributed by atoms with Gasteiger partial charge in [-0.15, -0.1) is 11.3 Å². The molecule has 0 spiro atoms. The van der Waals surface area contributed by atoms with Gasteiger partial charge in [0.05, 0.1) is 22.8 Å². The average Bonchev–Trinajstić information content (AvgIpc) is 3.05. The van der Waals surface area contributed by atoms with Crippen LogP contribution in [0.1, 0.15) is 58.3 Å². The van der Waals surface area contributed by atoms with Crippen molar-refractivity contribution >= 4 is 38.1 Å². The molecule has 0 bridgehead atoms. The zero-order valence-corrected chi connectivity index (χ0v) is 18.4. The molecule has 1 N–H and O–H groups in total. The Bertz CT molecular complexity index is 1020. The van der Waals surface area contributed by atoms with Crippen LogP contribution in [0.15, 0.2) is 29.2 Å². The van der Waals surface area contributed by atoms with Crippen LogP contribution in [0, 0.1) is 5.92 Å². The highest BCUT2D eigenvalue weighted by Crippen LogP contribution is 2.40. The van der Waals surface area contributed by atoms with Crippen molar-refractivity contribution in [2.75, 3.05) is 17.7 Å². The summed E-state index contributed by atoms with van der Waals surface area (Å²) in [6, 6.07) is 5.83. The molecule has 1 unspecified atom stereocenters. The number of sulfone groups is 1. The van der Waals surface area contributed by atoms with Gasteiger partial charge < -0.3 is 10.1 Å². The first kappa shape index (κ1) is 21.5. The highest BCUT2D eigenvalue weighted by molar-refractivity contribution is 7.91. The molecule has 0 saturated heterocycles. The molecule has 6 nitrogen and oxygen atoms in total. The number of carbonyl (C=O) groups excluding carboxylic acids is 2. The Morgan fingerprint density at radius 1 is 1.21 bits per heavy atom. The SMILES string of the molecule is CCOC(=O)c1c(NC(=O)c2ccc(S(=O)(=O)CC)cc2)sc2c1CCC(C)C2. The number of benzene rings is 1. The van der Waals surface area contributed by atoms with Crippen LogP contribution in [0.25, 0.3) is 0 Å². The van der Waals surface area contributed by atoms with Crippen molar-refractivity contribution in [3.8, 4) is 0 Å². The monoisotopic (exact) mass is 435 g/mol. The summed E-state index contributed by atoms with van der Waals surface area (Å²) in [7, 11) is -3.32. The molecule has 1 aliphatic carbocycles. The van der Waals surface area contributed by atoms with Crippen molar-refractivity contribution in [1.29, 1.82) is 0 Å². The van der Waals surface area contributed by atoms with Crippen LogP contribution in [-0.4, -0.2) is 32.7 Å². The number of fused-ring (bicyclic) bond motifs is 1. The maximum absolute atomic E-state index is 12.7. The summed E-state index contributed by atoms with van der Waals surface area (Å²) >= 11 is 1.43. The lowest BCUT2D eigenvalue weighted by Crippen LogP contribution is -2.16. The van der Waals surface area contributed by atoms with E-state index in [0.717, 1.165) is 29.7 Å². The van der Waals surface area contributed by atoms with E-state index in [-0.39, 0.29) is 23.2 Å². The second kappa shape index (κ2) is 8.67. The third kappa shape index (κ3) is 4.53. The maximum atomic E-state index is 12.7. The van der Waals surface area contributed by atoms with E-state index >= 15 is 0 Å². The van der Waals surface area contributed by atoms with Gasteiger partial charge in [-0.2, -0.15) is 0 Å². The first-order valence-electron chi connectivity index (χ1n) is 9.72. The Morgan fingerprint density at radius 3 is 2.52 bits per heavy atom. The topological polar surface area (TPSA) is 89.5 Å². The van der Waals surface area contributed by atoms with Gasteiger partial charge in [0.15, 0.2) is 9.84 Å². The molecule has 29 heavy (non-hydrogen) atoms. The first-order chi connectivity index (χ1) is 13.8. The molecule has 0 aliphatic heterocycles. The zero-order chi connectivity index (χ0) is 21.2. The maximum Gasteiger partial charge on any atom is 0.341 e. The van der Waals surface area contributed by atoms with Gasteiger partial charge in [0.25, 0.3) is 5.91 Å². The fourth-order valence-electron chi connectivity index (χ4n) is 3.41. The van der Waals surface area contributed by atoms with Crippen LogP contribution >= 0.6 is 11.3 Å². The quantitative estimate of drug-likeness (QED) is 0.690. The molecule has 8 heteroatoms. The molecule has 2 aromatic rings. The van der Waals surface area contributed by atoms with E-state index in [2.05, 4.69) is 12.2 Å². The van der Waals surface area contributed by atoms with Crippen molar-refractivity contribution in [2.24, 2.45) is 5.92 Å². The number of carbonyl (C=O) groups is 2. The standard InChI is InChI=1S/C21H25NO5S2/c1-4-27-21(24)18-16-11-6-13(3)12-17(16)28-20(18)22-19(23)14-7-9-15(10-8-14)29(25,26)5-2/h7-10,13H,4-6,11-12H2,1-3H3,(H,22,23). The molecule has 156 valence electrons. The Morgan fingerprint density at radius 2 is 1.90 bits per heavy atom. The first-order valence-corrected chi connectivity index (χ1v) is 12.2. The molecule has 1 aromatic heterocycles. The van der Waals surface area contributed by atoms with Crippen LogP contribution in [0.4, 0.5) is 5.00 Å². The van der Waals surface area contributed by atoms with Crippen LogP contribution in [0.3, 0.4) is 0 Å². The summed E-state index contributed by atoms with van der Waals surface area (Å²) < 4.78 is 29.1. The van der Waals surface area contributed by atoms with Gasteiger partial charge in [-0.3, -0.25) is 4.79 Å². The number of amides is 1. The molecular weight excluding hydrogens is 410 g/mol. The number of rotatable bonds is 6. The minimum Gasteiger partial charge on any atom is -0.462 e. The van der Waals surface area contributed by atoms with E-state index < -0.39 is 15.8 Å². The molecule has 1 amide bonds. The van der Waals surface area contributed by atoms with Crippen molar-refractivity contribution in [3.05, 3.63) is 45.8 Å². The molecule has 0 radical (unpaired) electrons. The van der Waals surface area contributed by atoms with Crippen molar-refractivity contribution < 1.29 is 22.7 Å². The summed E-state index contributed by atoms with van der Waals surface area (Å²) in [5.41, 5.74) is 1.76. The lowest BCUT2D eigenvalue weighted by Gasteiger charge is -2.18. The molecule has 0 saturated carbocycles. The summed E-state index contributed by atoms with van der Waals surface area (Å²) in [6.07, 6.45) is 2.67. The fraction of sp³-hybridized carbons (Fsp3) is 0.429. The zero-order valence-electron chi connectivity index (χ0n) is 16.8. The predicted octanol–water partition coefficient (Wildman–Crippen LogP) is 4.10. The van der Waals surface area contributed by atoms with Crippen molar-refractivity contribution in [3.63, 3.8) is 0 Å². The van der Waals surface area contributed by atoms with Crippen molar-refractivity contribution in [2.45, 2.75) is 44.9 Å². The Labute approximate surface area is 175 Å². The minimum atomic E-state index is -3.32. The van der Waals surface area contributed by atoms with Gasteiger partial charge in [-0.05, 0) is 61.9 Å². The third-order valence-corrected chi connectivity index (χ3v) is 7.99. The summed E-state index contributed by atoms with van der Waals surface area (Å²) in [6.45, 7) is 5.77. The molecule has 1 aromatic carbocycles. The van der Waals surface area contributed by atoms with Crippen LogP contribution in [-0.2, 0) is 27.4 Å². The van der Waals surface area contributed by atoms with E-state index in [4.69, 9.17) is 4.74 Å². The smallest absolute Gasteiger partial charge is 0.341 e. The highest BCUT2D eigenvalue weighted by Gasteiger charge is 2.29. The van der Waals surface area contributed by atoms with Gasteiger partial charge >= 0.3 is 5.97 Å². The molecular formula is C21H25NO5S2. The number of esters is 1. The molecule has 3 rings (SSSR count). The second-order valence-corrected chi connectivity index (χ2v) is 10.5. The van der Waals surface area contributed by atoms with Crippen LogP contribution in [0.2, 0.25) is 0 Å². The fourth-order valence-corrected chi connectivity index (χ4v) is 5.69. The lowest BCUT2D eigenvalue weighted by atomic mass is 9.88.